The monoisotopic (exact) mass is 525 g/mol. The molecule has 1 fully saturated rings. The molecule has 1 aliphatic rings. The van der Waals surface area contributed by atoms with Crippen LogP contribution in [0.4, 0.5) is 0 Å². The highest BCUT2D eigenvalue weighted by atomic mass is 16.2. The number of hydrogen-bond donors (Lipinski definition) is 1. The number of hydrogen-bond acceptors (Lipinski definition) is 5. The van der Waals surface area contributed by atoms with Crippen LogP contribution in [0.3, 0.4) is 0 Å². The van der Waals surface area contributed by atoms with Crippen LogP contribution in [0.2, 0.25) is 0 Å². The fourth-order valence-corrected chi connectivity index (χ4v) is 5.29. The fourth-order valence-electron chi connectivity index (χ4n) is 5.29. The van der Waals surface area contributed by atoms with E-state index in [2.05, 4.69) is 5.32 Å². The van der Waals surface area contributed by atoms with Gasteiger partial charge in [-0.2, -0.15) is 0 Å². The van der Waals surface area contributed by atoms with Gasteiger partial charge < -0.3 is 5.32 Å². The maximum Gasteiger partial charge on any atom is 0.224 e. The number of benzene rings is 1. The van der Waals surface area contributed by atoms with E-state index in [0.717, 1.165) is 38.5 Å². The summed E-state index contributed by atoms with van der Waals surface area (Å²) in [5.74, 6) is -2.52. The Hall–Kier alpha value is -2.63. The van der Waals surface area contributed by atoms with E-state index < -0.39 is 29.1 Å². The highest BCUT2D eigenvalue weighted by Gasteiger charge is 2.36. The minimum Gasteiger partial charge on any atom is -0.346 e. The Bertz CT molecular complexity index is 956. The zero-order valence-corrected chi connectivity index (χ0v) is 24.0. The van der Waals surface area contributed by atoms with E-state index in [9.17, 15) is 24.0 Å². The summed E-state index contributed by atoms with van der Waals surface area (Å²) in [7, 11) is 0. The molecule has 6 nitrogen and oxygen atoms in total. The van der Waals surface area contributed by atoms with Crippen molar-refractivity contribution in [2.45, 2.75) is 111 Å². The molecule has 0 heterocycles. The highest BCUT2D eigenvalue weighted by molar-refractivity contribution is 6.38. The third-order valence-electron chi connectivity index (χ3n) is 7.89. The second kappa shape index (κ2) is 15.1. The lowest BCUT2D eigenvalue weighted by molar-refractivity contribution is -0.141. The molecule has 0 unspecified atom stereocenters. The molecule has 1 amide bonds. The summed E-state index contributed by atoms with van der Waals surface area (Å²) < 4.78 is 0. The average Bonchev–Trinajstić information content (AvgIpc) is 2.89. The number of carbonyl (C=O) groups excluding carboxylic acids is 5. The van der Waals surface area contributed by atoms with E-state index in [4.69, 9.17) is 0 Å². The van der Waals surface area contributed by atoms with Crippen molar-refractivity contribution in [3.63, 3.8) is 0 Å². The largest absolute Gasteiger partial charge is 0.346 e. The summed E-state index contributed by atoms with van der Waals surface area (Å²) >= 11 is 0. The van der Waals surface area contributed by atoms with Crippen LogP contribution in [0, 0.1) is 23.2 Å². The summed E-state index contributed by atoms with van der Waals surface area (Å²) in [6, 6.07) is 8.06. The Morgan fingerprint density at radius 2 is 1.58 bits per heavy atom. The van der Waals surface area contributed by atoms with Crippen LogP contribution in [0.25, 0.3) is 0 Å². The molecular weight excluding hydrogens is 478 g/mol. The van der Waals surface area contributed by atoms with Gasteiger partial charge in [0.05, 0.1) is 12.0 Å². The topological polar surface area (TPSA) is 97.4 Å². The van der Waals surface area contributed by atoms with Gasteiger partial charge in [0, 0.05) is 30.7 Å². The van der Waals surface area contributed by atoms with Crippen LogP contribution in [-0.2, 0) is 19.2 Å². The molecule has 210 valence electrons. The highest BCUT2D eigenvalue weighted by Crippen LogP contribution is 2.31. The Kier molecular flexibility index (Phi) is 12.5. The van der Waals surface area contributed by atoms with E-state index >= 15 is 0 Å². The molecule has 0 radical (unpaired) electrons. The maximum atomic E-state index is 13.3. The standard InChI is InChI=1S/C32H47NO5/c1-6-7-16-25(30(37)29(36)19-23-14-10-8-11-15-23)20-27(34)22(2)33-31(38)26(32(3,4)5)21-28(35)24-17-12-9-13-18-24/h9,12-13,17-18,22-23,25-26H,6-8,10-11,14-16,19-21H2,1-5H3,(H,33,38)/t22-,25+,26+/m0/s1. The Labute approximate surface area is 228 Å². The van der Waals surface area contributed by atoms with Crippen molar-refractivity contribution in [1.82, 2.24) is 5.32 Å². The number of Topliss-reactive ketones (excluding diaryl/α,β-unsaturated/α-hetero) is 4. The molecule has 0 spiro atoms. The van der Waals surface area contributed by atoms with Gasteiger partial charge in [0.1, 0.15) is 0 Å². The second-order valence-corrected chi connectivity index (χ2v) is 12.1. The van der Waals surface area contributed by atoms with Crippen LogP contribution in [0.1, 0.15) is 116 Å². The SMILES string of the molecule is CCCC[C@H](CC(=O)[C@H](C)NC(=O)[C@@H](CC(=O)c1ccccc1)C(C)(C)C)C(=O)C(=O)CC1CCCCC1. The lowest BCUT2D eigenvalue weighted by Crippen LogP contribution is -2.46. The van der Waals surface area contributed by atoms with Crippen LogP contribution >= 0.6 is 0 Å². The first kappa shape index (κ1) is 31.6. The predicted octanol–water partition coefficient (Wildman–Crippen LogP) is 6.30. The number of ketones is 4. The Balaban J connectivity index is 2.03. The Morgan fingerprint density at radius 1 is 0.947 bits per heavy atom. The summed E-state index contributed by atoms with van der Waals surface area (Å²) in [5, 5.41) is 2.80. The lowest BCUT2D eigenvalue weighted by Gasteiger charge is -2.30. The van der Waals surface area contributed by atoms with E-state index in [1.54, 1.807) is 31.2 Å². The van der Waals surface area contributed by atoms with Crippen LogP contribution in [0.15, 0.2) is 30.3 Å². The van der Waals surface area contributed by atoms with Crippen molar-refractivity contribution in [2.24, 2.45) is 23.2 Å². The molecule has 1 aromatic rings. The average molecular weight is 526 g/mol. The number of nitrogens with one attached hydrogen (secondary N) is 1. The van der Waals surface area contributed by atoms with Crippen LogP contribution in [-0.4, -0.2) is 35.1 Å². The van der Waals surface area contributed by atoms with Gasteiger partial charge in [0.25, 0.3) is 0 Å². The zero-order chi connectivity index (χ0) is 28.3. The van der Waals surface area contributed by atoms with E-state index in [0.29, 0.717) is 12.0 Å². The van der Waals surface area contributed by atoms with Gasteiger partial charge in [-0.25, -0.2) is 0 Å². The summed E-state index contributed by atoms with van der Waals surface area (Å²) in [6.45, 7) is 9.34. The third-order valence-corrected chi connectivity index (χ3v) is 7.89. The fraction of sp³-hybridized carbons (Fsp3) is 0.656. The molecule has 0 saturated heterocycles. The molecule has 0 bridgehead atoms. The van der Waals surface area contributed by atoms with Gasteiger partial charge in [0.2, 0.25) is 11.7 Å². The van der Waals surface area contributed by atoms with Gasteiger partial charge in [-0.3, -0.25) is 24.0 Å². The molecular formula is C32H47NO5. The first-order valence-corrected chi connectivity index (χ1v) is 14.4. The van der Waals surface area contributed by atoms with Crippen molar-refractivity contribution in [2.75, 3.05) is 0 Å². The van der Waals surface area contributed by atoms with Gasteiger partial charge in [-0.1, -0.05) is 103 Å². The number of carbonyl (C=O) groups is 5. The maximum absolute atomic E-state index is 13.3. The smallest absolute Gasteiger partial charge is 0.224 e. The quantitative estimate of drug-likeness (QED) is 0.214. The summed E-state index contributed by atoms with van der Waals surface area (Å²) in [5.41, 5.74) is 0.0523. The molecule has 1 aliphatic carbocycles. The molecule has 38 heavy (non-hydrogen) atoms. The number of unbranched alkanes of at least 4 members (excludes halogenated alkanes) is 1. The summed E-state index contributed by atoms with van der Waals surface area (Å²) in [6.07, 6.45) is 7.75. The molecule has 3 atom stereocenters. The van der Waals surface area contributed by atoms with E-state index in [1.807, 2.05) is 33.8 Å². The summed E-state index contributed by atoms with van der Waals surface area (Å²) in [4.78, 5) is 65.1. The molecule has 1 N–H and O–H groups in total. The van der Waals surface area contributed by atoms with Crippen LogP contribution < -0.4 is 5.32 Å². The predicted molar refractivity (Wildman–Crippen MR) is 150 cm³/mol. The first-order chi connectivity index (χ1) is 17.9. The molecule has 2 rings (SSSR count). The first-order valence-electron chi connectivity index (χ1n) is 14.4. The van der Waals surface area contributed by atoms with E-state index in [-0.39, 0.29) is 48.4 Å². The molecule has 0 aliphatic heterocycles. The van der Waals surface area contributed by atoms with Gasteiger partial charge in [-0.15, -0.1) is 0 Å². The Morgan fingerprint density at radius 3 is 2.16 bits per heavy atom. The van der Waals surface area contributed by atoms with Crippen molar-refractivity contribution in [1.29, 1.82) is 0 Å². The molecule has 1 aromatic carbocycles. The van der Waals surface area contributed by atoms with Crippen LogP contribution in [0.5, 0.6) is 0 Å². The number of rotatable bonds is 15. The van der Waals surface area contributed by atoms with Gasteiger partial charge >= 0.3 is 0 Å². The minimum atomic E-state index is -0.815. The third kappa shape index (κ3) is 9.92. The van der Waals surface area contributed by atoms with Crippen molar-refractivity contribution < 1.29 is 24.0 Å². The lowest BCUT2D eigenvalue weighted by atomic mass is 9.76. The zero-order valence-electron chi connectivity index (χ0n) is 24.0. The van der Waals surface area contributed by atoms with Crippen molar-refractivity contribution in [3.05, 3.63) is 35.9 Å². The molecule has 6 heteroatoms. The molecule has 1 saturated carbocycles. The van der Waals surface area contributed by atoms with Crippen molar-refractivity contribution >= 4 is 29.0 Å². The molecule has 0 aromatic heterocycles. The normalized spacial score (nSPS) is 16.8. The van der Waals surface area contributed by atoms with Crippen molar-refractivity contribution in [3.8, 4) is 0 Å². The van der Waals surface area contributed by atoms with Gasteiger partial charge in [-0.05, 0) is 24.7 Å². The van der Waals surface area contributed by atoms with E-state index in [1.165, 1.54) is 6.42 Å². The second-order valence-electron chi connectivity index (χ2n) is 12.1. The van der Waals surface area contributed by atoms with Gasteiger partial charge in [0.15, 0.2) is 17.3 Å². The number of amides is 1. The minimum absolute atomic E-state index is 0.0353.